The molecule has 1 aromatic heterocycles. The van der Waals surface area contributed by atoms with Crippen molar-refractivity contribution in [2.24, 2.45) is 0 Å². The zero-order valence-corrected chi connectivity index (χ0v) is 24.5. The van der Waals surface area contributed by atoms with E-state index in [2.05, 4.69) is 26.1 Å². The van der Waals surface area contributed by atoms with Gasteiger partial charge in [-0.1, -0.05) is 59.8 Å². The van der Waals surface area contributed by atoms with E-state index in [0.717, 1.165) is 5.56 Å². The highest BCUT2D eigenvalue weighted by atomic mass is 79.9. The van der Waals surface area contributed by atoms with Crippen molar-refractivity contribution in [1.29, 1.82) is 0 Å². The summed E-state index contributed by atoms with van der Waals surface area (Å²) in [5, 5.41) is 9.93. The number of benzene rings is 3. The number of carbonyl (C=O) groups excluding carboxylic acids is 1. The molecular formula is C28H24BrClN4O4S. The average Bonchev–Trinajstić information content (AvgIpc) is 3.08. The Labute approximate surface area is 243 Å². The summed E-state index contributed by atoms with van der Waals surface area (Å²) >= 11 is 11.3. The van der Waals surface area contributed by atoms with E-state index < -0.39 is 6.23 Å². The Morgan fingerprint density at radius 2 is 1.92 bits per heavy atom. The van der Waals surface area contributed by atoms with Crippen LogP contribution in [0.25, 0.3) is 11.3 Å². The van der Waals surface area contributed by atoms with Gasteiger partial charge in [-0.3, -0.25) is 9.69 Å². The predicted octanol–water partition coefficient (Wildman–Crippen LogP) is 7.10. The van der Waals surface area contributed by atoms with Gasteiger partial charge in [0.15, 0.2) is 17.2 Å². The molecule has 0 fully saturated rings. The second-order valence-electron chi connectivity index (χ2n) is 8.47. The number of methoxy groups -OCH3 is 1. The fourth-order valence-corrected chi connectivity index (χ4v) is 5.89. The maximum Gasteiger partial charge on any atom is 0.247 e. The van der Waals surface area contributed by atoms with Crippen molar-refractivity contribution < 1.29 is 19.0 Å². The standard InChI is InChI=1S/C28H24BrClN4O4S/c1-4-37-25-20(29)13-18(14-23(25)36-3)27-34(16(2)35)22-12-8-6-10-19(22)24-26(38-27)31-28(33-32-24)39-15-17-9-5-7-11-21(17)30/h5-14,27H,4,15H2,1-3H3/t27-/m0/s1. The van der Waals surface area contributed by atoms with Crippen molar-refractivity contribution in [3.05, 3.63) is 81.3 Å². The normalized spacial score (nSPS) is 14.1. The quantitative estimate of drug-likeness (QED) is 0.201. The van der Waals surface area contributed by atoms with Gasteiger partial charge in [-0.2, -0.15) is 4.98 Å². The van der Waals surface area contributed by atoms with Crippen LogP contribution >= 0.6 is 39.3 Å². The van der Waals surface area contributed by atoms with Crippen LogP contribution in [0.5, 0.6) is 17.4 Å². The third kappa shape index (κ3) is 5.54. The van der Waals surface area contributed by atoms with Gasteiger partial charge in [0.25, 0.3) is 0 Å². The number of nitrogens with zero attached hydrogens (tertiary/aromatic N) is 4. The summed E-state index contributed by atoms with van der Waals surface area (Å²) in [4.78, 5) is 19.4. The molecular weight excluding hydrogens is 604 g/mol. The lowest BCUT2D eigenvalue weighted by molar-refractivity contribution is -0.118. The Bertz CT molecular complexity index is 1540. The van der Waals surface area contributed by atoms with Crippen LogP contribution in [0.15, 0.2) is 70.3 Å². The Hall–Kier alpha value is -3.34. The highest BCUT2D eigenvalue weighted by Crippen LogP contribution is 2.46. The lowest BCUT2D eigenvalue weighted by Crippen LogP contribution is -2.36. The summed E-state index contributed by atoms with van der Waals surface area (Å²) in [5.41, 5.74) is 3.37. The first kappa shape index (κ1) is 27.2. The van der Waals surface area contributed by atoms with Crippen LogP contribution in [0.3, 0.4) is 0 Å². The van der Waals surface area contributed by atoms with E-state index in [1.165, 1.54) is 18.7 Å². The maximum absolute atomic E-state index is 13.1. The predicted molar refractivity (Wildman–Crippen MR) is 155 cm³/mol. The van der Waals surface area contributed by atoms with Gasteiger partial charge in [0.2, 0.25) is 23.2 Å². The Morgan fingerprint density at radius 1 is 1.15 bits per heavy atom. The number of ether oxygens (including phenoxy) is 3. The molecule has 1 aliphatic heterocycles. The molecule has 3 aromatic carbocycles. The molecule has 4 aromatic rings. The minimum absolute atomic E-state index is 0.217. The molecule has 2 heterocycles. The third-order valence-corrected chi connectivity index (χ3v) is 7.84. The minimum atomic E-state index is -0.871. The molecule has 0 saturated heterocycles. The first-order valence-electron chi connectivity index (χ1n) is 12.1. The monoisotopic (exact) mass is 626 g/mol. The molecule has 0 unspecified atom stereocenters. The van der Waals surface area contributed by atoms with E-state index in [0.29, 0.717) is 61.0 Å². The Balaban J connectivity index is 1.61. The summed E-state index contributed by atoms with van der Waals surface area (Å²) in [6, 6.07) is 18.7. The van der Waals surface area contributed by atoms with Crippen molar-refractivity contribution in [3.63, 3.8) is 0 Å². The number of hydrogen-bond acceptors (Lipinski definition) is 8. The number of anilines is 1. The van der Waals surface area contributed by atoms with E-state index in [-0.39, 0.29) is 11.8 Å². The van der Waals surface area contributed by atoms with Crippen LogP contribution in [0.2, 0.25) is 5.02 Å². The van der Waals surface area contributed by atoms with Crippen molar-refractivity contribution in [2.75, 3.05) is 18.6 Å². The lowest BCUT2D eigenvalue weighted by Gasteiger charge is -2.30. The first-order valence-corrected chi connectivity index (χ1v) is 14.2. The SMILES string of the molecule is CCOc1c(Br)cc([C@@H]2Oc3nc(SCc4ccccc4Cl)nnc3-c3ccccc3N2C(C)=O)cc1OC. The van der Waals surface area contributed by atoms with Crippen molar-refractivity contribution in [1.82, 2.24) is 15.2 Å². The van der Waals surface area contributed by atoms with E-state index in [1.807, 2.05) is 61.5 Å². The number of amides is 1. The molecule has 5 rings (SSSR count). The Kier molecular flexibility index (Phi) is 8.25. The number of halogens is 2. The van der Waals surface area contributed by atoms with Crippen LogP contribution < -0.4 is 19.1 Å². The summed E-state index contributed by atoms with van der Waals surface area (Å²) in [5.74, 6) is 1.67. The molecule has 0 spiro atoms. The molecule has 1 atom stereocenters. The second-order valence-corrected chi connectivity index (χ2v) is 10.7. The summed E-state index contributed by atoms with van der Waals surface area (Å²) in [6.07, 6.45) is -0.871. The van der Waals surface area contributed by atoms with Crippen LogP contribution in [0.4, 0.5) is 5.69 Å². The third-order valence-electron chi connectivity index (χ3n) is 5.99. The first-order chi connectivity index (χ1) is 18.9. The van der Waals surface area contributed by atoms with Gasteiger partial charge < -0.3 is 14.2 Å². The fourth-order valence-electron chi connectivity index (χ4n) is 4.26. The highest BCUT2D eigenvalue weighted by Gasteiger charge is 2.35. The number of fused-ring (bicyclic) bond motifs is 3. The largest absolute Gasteiger partial charge is 0.493 e. The molecule has 1 aliphatic rings. The molecule has 0 N–H and O–H groups in total. The second kappa shape index (κ2) is 11.8. The molecule has 0 saturated carbocycles. The number of thioether (sulfide) groups is 1. The van der Waals surface area contributed by atoms with Gasteiger partial charge in [0.1, 0.15) is 0 Å². The van der Waals surface area contributed by atoms with Crippen LogP contribution in [-0.4, -0.2) is 34.8 Å². The molecule has 1 amide bonds. The molecule has 200 valence electrons. The lowest BCUT2D eigenvalue weighted by atomic mass is 10.1. The number of hydrogen-bond donors (Lipinski definition) is 0. The van der Waals surface area contributed by atoms with E-state index >= 15 is 0 Å². The average molecular weight is 628 g/mol. The number of aromatic nitrogens is 3. The molecule has 0 radical (unpaired) electrons. The molecule has 11 heteroatoms. The molecule has 0 aliphatic carbocycles. The summed E-state index contributed by atoms with van der Waals surface area (Å²) in [6.45, 7) is 3.85. The van der Waals surface area contributed by atoms with Crippen molar-refractivity contribution in [3.8, 4) is 28.6 Å². The van der Waals surface area contributed by atoms with E-state index in [1.54, 1.807) is 18.1 Å². The van der Waals surface area contributed by atoms with Crippen LogP contribution in [-0.2, 0) is 10.5 Å². The zero-order chi connectivity index (χ0) is 27.5. The summed E-state index contributed by atoms with van der Waals surface area (Å²) < 4.78 is 18.5. The maximum atomic E-state index is 13.1. The number of rotatable bonds is 7. The smallest absolute Gasteiger partial charge is 0.247 e. The highest BCUT2D eigenvalue weighted by molar-refractivity contribution is 9.10. The fraction of sp³-hybridized carbons (Fsp3) is 0.214. The van der Waals surface area contributed by atoms with E-state index in [4.69, 9.17) is 30.8 Å². The van der Waals surface area contributed by atoms with Crippen LogP contribution in [0.1, 0.15) is 31.2 Å². The van der Waals surface area contributed by atoms with Crippen molar-refractivity contribution in [2.45, 2.75) is 31.0 Å². The van der Waals surface area contributed by atoms with E-state index in [9.17, 15) is 4.79 Å². The molecule has 0 bridgehead atoms. The number of carbonyl (C=O) groups is 1. The van der Waals surface area contributed by atoms with Gasteiger partial charge in [0.05, 0.1) is 23.9 Å². The van der Waals surface area contributed by atoms with Gasteiger partial charge in [-0.25, -0.2) is 0 Å². The number of para-hydroxylation sites is 1. The van der Waals surface area contributed by atoms with Gasteiger partial charge in [-0.05, 0) is 52.7 Å². The van der Waals surface area contributed by atoms with Gasteiger partial charge >= 0.3 is 0 Å². The molecule has 8 nitrogen and oxygen atoms in total. The minimum Gasteiger partial charge on any atom is -0.493 e. The zero-order valence-electron chi connectivity index (χ0n) is 21.4. The van der Waals surface area contributed by atoms with Gasteiger partial charge in [-0.15, -0.1) is 10.2 Å². The Morgan fingerprint density at radius 3 is 2.67 bits per heavy atom. The summed E-state index contributed by atoms with van der Waals surface area (Å²) in [7, 11) is 1.56. The van der Waals surface area contributed by atoms with Crippen molar-refractivity contribution >= 4 is 50.9 Å². The molecule has 39 heavy (non-hydrogen) atoms. The topological polar surface area (TPSA) is 86.7 Å². The van der Waals surface area contributed by atoms with Crippen LogP contribution in [0, 0.1) is 0 Å². The van der Waals surface area contributed by atoms with Gasteiger partial charge in [0, 0.05) is 28.8 Å².